The predicted octanol–water partition coefficient (Wildman–Crippen LogP) is 5.24. The summed E-state index contributed by atoms with van der Waals surface area (Å²) in [5, 5.41) is 21.0. The highest BCUT2D eigenvalue weighted by atomic mass is 16.3. The van der Waals surface area contributed by atoms with Crippen molar-refractivity contribution in [3.05, 3.63) is 95.4 Å². The summed E-state index contributed by atoms with van der Waals surface area (Å²) in [6.45, 7) is 2.42. The van der Waals surface area contributed by atoms with Crippen LogP contribution in [0, 0.1) is 6.92 Å². The fourth-order valence-electron chi connectivity index (χ4n) is 4.27. The van der Waals surface area contributed by atoms with Crippen LogP contribution in [0.4, 0.5) is 10.5 Å². The van der Waals surface area contributed by atoms with Crippen molar-refractivity contribution < 1.29 is 14.7 Å². The molecule has 2 amide bonds. The van der Waals surface area contributed by atoms with E-state index in [9.17, 15) is 14.7 Å². The quantitative estimate of drug-likeness (QED) is 0.349. The molecule has 1 fully saturated rings. The second-order valence-corrected chi connectivity index (χ2v) is 9.01. The lowest BCUT2D eigenvalue weighted by molar-refractivity contribution is 0.102. The van der Waals surface area contributed by atoms with Gasteiger partial charge in [0.15, 0.2) is 0 Å². The third-order valence-electron chi connectivity index (χ3n) is 6.60. The van der Waals surface area contributed by atoms with E-state index in [1.54, 1.807) is 30.5 Å². The number of aryl methyl sites for hydroxylation is 1. The summed E-state index contributed by atoms with van der Waals surface area (Å²) >= 11 is 0. The zero-order chi connectivity index (χ0) is 25.1. The first kappa shape index (κ1) is 23.3. The lowest BCUT2D eigenvalue weighted by Crippen LogP contribution is -2.31. The fourth-order valence-corrected chi connectivity index (χ4v) is 4.27. The Bertz CT molecular complexity index is 1410. The molecule has 2 aromatic carbocycles. The average molecular weight is 482 g/mol. The Kier molecular flexibility index (Phi) is 6.49. The lowest BCUT2D eigenvalue weighted by Gasteiger charge is -2.25. The molecule has 8 heteroatoms. The topological polar surface area (TPSA) is 109 Å². The van der Waals surface area contributed by atoms with Gasteiger partial charge >= 0.3 is 6.03 Å². The molecule has 0 unspecified atom stereocenters. The molecule has 0 aliphatic heterocycles. The number of phenols is 1. The van der Waals surface area contributed by atoms with Crippen molar-refractivity contribution in [2.45, 2.75) is 38.6 Å². The lowest BCUT2D eigenvalue weighted by atomic mass is 9.82. The summed E-state index contributed by atoms with van der Waals surface area (Å²) in [6, 6.07) is 17.7. The molecule has 8 nitrogen and oxygen atoms in total. The number of amides is 2. The van der Waals surface area contributed by atoms with E-state index in [1.807, 2.05) is 37.3 Å². The minimum Gasteiger partial charge on any atom is -0.507 e. The molecule has 0 atom stereocenters. The van der Waals surface area contributed by atoms with Gasteiger partial charge in [-0.1, -0.05) is 30.7 Å². The zero-order valence-corrected chi connectivity index (χ0v) is 19.9. The van der Waals surface area contributed by atoms with Crippen LogP contribution >= 0.6 is 0 Å². The molecule has 0 bridgehead atoms. The number of nitrogens with zero attached hydrogens (tertiary/aromatic N) is 3. The first-order chi connectivity index (χ1) is 17.5. The van der Waals surface area contributed by atoms with Gasteiger partial charge in [-0.25, -0.2) is 4.79 Å². The molecule has 2 aromatic heterocycles. The first-order valence-corrected chi connectivity index (χ1v) is 12.0. The van der Waals surface area contributed by atoms with Crippen molar-refractivity contribution in [3.63, 3.8) is 0 Å². The van der Waals surface area contributed by atoms with E-state index >= 15 is 0 Å². The average Bonchev–Trinajstić information content (AvgIpc) is 3.27. The van der Waals surface area contributed by atoms with Crippen molar-refractivity contribution >= 4 is 17.6 Å². The highest BCUT2D eigenvalue weighted by molar-refractivity contribution is 6.04. The number of phenolic OH excluding ortho intramolecular Hbond substituents is 1. The Hall–Kier alpha value is -4.46. The highest BCUT2D eigenvalue weighted by Crippen LogP contribution is 2.39. The molecule has 3 N–H and O–H groups in total. The van der Waals surface area contributed by atoms with E-state index in [-0.39, 0.29) is 23.6 Å². The Morgan fingerprint density at radius 3 is 2.61 bits per heavy atom. The first-order valence-electron chi connectivity index (χ1n) is 12.0. The van der Waals surface area contributed by atoms with Crippen molar-refractivity contribution in [3.8, 4) is 17.0 Å². The Morgan fingerprint density at radius 2 is 1.92 bits per heavy atom. The van der Waals surface area contributed by atoms with Crippen LogP contribution in [0.2, 0.25) is 0 Å². The van der Waals surface area contributed by atoms with Crippen LogP contribution in [0.5, 0.6) is 5.75 Å². The summed E-state index contributed by atoms with van der Waals surface area (Å²) in [5.74, 6) is -0.100. The minimum atomic E-state index is -0.322. The van der Waals surface area contributed by atoms with Crippen LogP contribution in [0.15, 0.2) is 73.1 Å². The van der Waals surface area contributed by atoms with Crippen molar-refractivity contribution in [2.24, 2.45) is 0 Å². The molecule has 182 valence electrons. The summed E-state index contributed by atoms with van der Waals surface area (Å²) in [6.07, 6.45) is 6.19. The molecular weight excluding hydrogens is 454 g/mol. The second-order valence-electron chi connectivity index (χ2n) is 9.01. The number of carbonyl (C=O) groups is 2. The van der Waals surface area contributed by atoms with Gasteiger partial charge < -0.3 is 15.7 Å². The minimum absolute atomic E-state index is 0.0379. The van der Waals surface area contributed by atoms with E-state index in [1.165, 1.54) is 16.9 Å². The molecule has 5 rings (SSSR count). The van der Waals surface area contributed by atoms with Crippen molar-refractivity contribution in [1.82, 2.24) is 20.1 Å². The SMILES string of the molecule is Cc1ccccc1CNC(=O)n1nc(-c2ccc(NC(=O)c3cccnc3)cc2O)cc1C1CCC1. The standard InChI is InChI=1S/C28H27N5O3/c1-18-6-2-3-7-20(18)17-30-28(36)33-25(19-8-4-9-19)15-24(32-33)23-12-11-22(14-26(23)34)31-27(35)21-10-5-13-29-16-21/h2-3,5-7,10-16,19,34H,4,8-9,17H2,1H3,(H,30,36)(H,31,35). The number of aromatic nitrogens is 3. The maximum atomic E-state index is 13.1. The maximum Gasteiger partial charge on any atom is 0.342 e. The van der Waals surface area contributed by atoms with E-state index in [4.69, 9.17) is 0 Å². The van der Waals surface area contributed by atoms with Gasteiger partial charge in [-0.2, -0.15) is 9.78 Å². The van der Waals surface area contributed by atoms with Gasteiger partial charge in [0, 0.05) is 42.2 Å². The van der Waals surface area contributed by atoms with Crippen LogP contribution in [0.25, 0.3) is 11.3 Å². The zero-order valence-electron chi connectivity index (χ0n) is 19.9. The van der Waals surface area contributed by atoms with Crippen molar-refractivity contribution in [2.75, 3.05) is 5.32 Å². The van der Waals surface area contributed by atoms with E-state index in [0.717, 1.165) is 36.1 Å². The molecule has 0 saturated heterocycles. The van der Waals surface area contributed by atoms with E-state index in [2.05, 4.69) is 20.7 Å². The molecular formula is C28H27N5O3. The van der Waals surface area contributed by atoms with Crippen LogP contribution in [-0.2, 0) is 6.54 Å². The van der Waals surface area contributed by atoms with E-state index in [0.29, 0.717) is 29.1 Å². The number of hydrogen-bond acceptors (Lipinski definition) is 5. The number of carbonyl (C=O) groups excluding carboxylic acids is 2. The number of benzene rings is 2. The maximum absolute atomic E-state index is 13.1. The molecule has 0 radical (unpaired) electrons. The third-order valence-corrected chi connectivity index (χ3v) is 6.60. The number of aromatic hydroxyl groups is 1. The Balaban J connectivity index is 1.37. The summed E-state index contributed by atoms with van der Waals surface area (Å²) < 4.78 is 1.43. The molecule has 0 spiro atoms. The number of pyridine rings is 1. The fraction of sp³-hybridized carbons (Fsp3) is 0.214. The molecule has 1 saturated carbocycles. The van der Waals surface area contributed by atoms with Crippen LogP contribution < -0.4 is 10.6 Å². The largest absolute Gasteiger partial charge is 0.507 e. The molecule has 4 aromatic rings. The van der Waals surface area contributed by atoms with Crippen molar-refractivity contribution in [1.29, 1.82) is 0 Å². The van der Waals surface area contributed by atoms with Gasteiger partial charge in [0.05, 0.1) is 17.0 Å². The van der Waals surface area contributed by atoms with Gasteiger partial charge in [0.1, 0.15) is 5.75 Å². The Labute approximate surface area is 209 Å². The molecule has 2 heterocycles. The highest BCUT2D eigenvalue weighted by Gasteiger charge is 2.27. The van der Waals surface area contributed by atoms with Gasteiger partial charge in [-0.15, -0.1) is 0 Å². The van der Waals surface area contributed by atoms with Crippen LogP contribution in [0.1, 0.15) is 52.4 Å². The number of nitrogens with one attached hydrogen (secondary N) is 2. The monoisotopic (exact) mass is 481 g/mol. The molecule has 36 heavy (non-hydrogen) atoms. The summed E-state index contributed by atoms with van der Waals surface area (Å²) in [5.41, 5.74) is 4.85. The number of anilines is 1. The van der Waals surface area contributed by atoms with Gasteiger partial charge in [0.25, 0.3) is 5.91 Å². The summed E-state index contributed by atoms with van der Waals surface area (Å²) in [7, 11) is 0. The molecule has 1 aliphatic rings. The molecule has 1 aliphatic carbocycles. The van der Waals surface area contributed by atoms with Crippen LogP contribution in [-0.4, -0.2) is 31.8 Å². The Morgan fingerprint density at radius 1 is 1.08 bits per heavy atom. The van der Waals surface area contributed by atoms with Crippen LogP contribution in [0.3, 0.4) is 0 Å². The van der Waals surface area contributed by atoms with Gasteiger partial charge in [0.2, 0.25) is 0 Å². The smallest absolute Gasteiger partial charge is 0.342 e. The number of rotatable bonds is 6. The number of hydrogen-bond donors (Lipinski definition) is 3. The van der Waals surface area contributed by atoms with Gasteiger partial charge in [-0.3, -0.25) is 9.78 Å². The summed E-state index contributed by atoms with van der Waals surface area (Å²) in [4.78, 5) is 29.5. The third kappa shape index (κ3) is 4.84. The predicted molar refractivity (Wildman–Crippen MR) is 137 cm³/mol. The van der Waals surface area contributed by atoms with E-state index < -0.39 is 0 Å². The normalized spacial score (nSPS) is 13.1. The van der Waals surface area contributed by atoms with Gasteiger partial charge in [-0.05, 0) is 61.2 Å². The second kappa shape index (κ2) is 10.0.